The Bertz CT molecular complexity index is 1110. The molecule has 0 radical (unpaired) electrons. The molecule has 0 unspecified atom stereocenters. The number of carbonyl (C=O) groups is 1. The molecule has 0 aliphatic carbocycles. The Kier molecular flexibility index (Phi) is 8.22. The van der Waals surface area contributed by atoms with Gasteiger partial charge >= 0.3 is 6.18 Å². The SMILES string of the molecule is CN(C)CCCc1cc(CNc2ncccc2C(=O)Nc2ccc(C(F)(F)F)cc2)ccc1F. The number of anilines is 2. The van der Waals surface area contributed by atoms with E-state index in [1.807, 2.05) is 19.0 Å². The highest BCUT2D eigenvalue weighted by Crippen LogP contribution is 2.30. The van der Waals surface area contributed by atoms with E-state index in [4.69, 9.17) is 0 Å². The van der Waals surface area contributed by atoms with Gasteiger partial charge in [0.15, 0.2) is 0 Å². The van der Waals surface area contributed by atoms with Gasteiger partial charge in [0.2, 0.25) is 0 Å². The lowest BCUT2D eigenvalue weighted by atomic mass is 10.1. The summed E-state index contributed by atoms with van der Waals surface area (Å²) in [5.74, 6) is -0.457. The Morgan fingerprint density at radius 3 is 2.47 bits per heavy atom. The minimum atomic E-state index is -4.45. The lowest BCUT2D eigenvalue weighted by molar-refractivity contribution is -0.137. The second-order valence-corrected chi connectivity index (χ2v) is 8.11. The fourth-order valence-corrected chi connectivity index (χ4v) is 3.37. The predicted octanol–water partition coefficient (Wildman–Crippen LogP) is 5.60. The Morgan fingerprint density at radius 2 is 1.79 bits per heavy atom. The number of alkyl halides is 3. The molecule has 0 spiro atoms. The molecule has 3 aromatic rings. The van der Waals surface area contributed by atoms with Crippen LogP contribution in [0.4, 0.5) is 29.1 Å². The van der Waals surface area contributed by atoms with E-state index in [0.717, 1.165) is 30.7 Å². The molecule has 5 nitrogen and oxygen atoms in total. The van der Waals surface area contributed by atoms with Gasteiger partial charge in [-0.1, -0.05) is 12.1 Å². The van der Waals surface area contributed by atoms with Crippen LogP contribution in [0, 0.1) is 5.82 Å². The van der Waals surface area contributed by atoms with Crippen molar-refractivity contribution in [3.63, 3.8) is 0 Å². The monoisotopic (exact) mass is 474 g/mol. The van der Waals surface area contributed by atoms with Crippen molar-refractivity contribution >= 4 is 17.4 Å². The molecular weight excluding hydrogens is 448 g/mol. The van der Waals surface area contributed by atoms with Gasteiger partial charge in [-0.05, 0) is 87.1 Å². The van der Waals surface area contributed by atoms with Crippen LogP contribution in [-0.4, -0.2) is 36.4 Å². The van der Waals surface area contributed by atoms with E-state index in [9.17, 15) is 22.4 Å². The fraction of sp³-hybridized carbons (Fsp3) is 0.280. The van der Waals surface area contributed by atoms with Gasteiger partial charge in [-0.15, -0.1) is 0 Å². The zero-order valence-electron chi connectivity index (χ0n) is 18.9. The molecule has 2 aromatic carbocycles. The topological polar surface area (TPSA) is 57.3 Å². The molecule has 1 heterocycles. The van der Waals surface area contributed by atoms with Crippen molar-refractivity contribution in [1.29, 1.82) is 0 Å². The number of aromatic nitrogens is 1. The minimum absolute atomic E-state index is 0.230. The van der Waals surface area contributed by atoms with Gasteiger partial charge in [-0.3, -0.25) is 4.79 Å². The van der Waals surface area contributed by atoms with Crippen LogP contribution in [-0.2, 0) is 19.1 Å². The summed E-state index contributed by atoms with van der Waals surface area (Å²) in [4.78, 5) is 19.0. The zero-order chi connectivity index (χ0) is 24.7. The highest BCUT2D eigenvalue weighted by atomic mass is 19.4. The van der Waals surface area contributed by atoms with Gasteiger partial charge in [0, 0.05) is 18.4 Å². The van der Waals surface area contributed by atoms with Crippen LogP contribution >= 0.6 is 0 Å². The van der Waals surface area contributed by atoms with E-state index in [1.165, 1.54) is 24.4 Å². The second kappa shape index (κ2) is 11.1. The number of carbonyl (C=O) groups excluding carboxylic acids is 1. The minimum Gasteiger partial charge on any atom is -0.365 e. The molecular formula is C25H26F4N4O. The van der Waals surface area contributed by atoms with E-state index in [1.54, 1.807) is 24.3 Å². The first-order valence-corrected chi connectivity index (χ1v) is 10.7. The zero-order valence-corrected chi connectivity index (χ0v) is 18.9. The maximum absolute atomic E-state index is 14.2. The first-order valence-electron chi connectivity index (χ1n) is 10.7. The quantitative estimate of drug-likeness (QED) is 0.397. The van der Waals surface area contributed by atoms with Crippen LogP contribution in [0.1, 0.15) is 33.5 Å². The smallest absolute Gasteiger partial charge is 0.365 e. The Balaban J connectivity index is 1.67. The average molecular weight is 475 g/mol. The standard InChI is InChI=1S/C25H26F4N4O/c1-33(2)14-4-5-18-15-17(7-12-22(18)26)16-31-23-21(6-3-13-30-23)24(34)32-20-10-8-19(9-11-20)25(27,28)29/h3,6-13,15H,4-5,14,16H2,1-2H3,(H,30,31)(H,32,34). The summed E-state index contributed by atoms with van der Waals surface area (Å²) in [5, 5.41) is 5.68. The number of halogens is 4. The normalized spacial score (nSPS) is 11.5. The van der Waals surface area contributed by atoms with Crippen LogP contribution in [0.3, 0.4) is 0 Å². The molecule has 9 heteroatoms. The number of aryl methyl sites for hydroxylation is 1. The maximum atomic E-state index is 14.2. The average Bonchev–Trinajstić information content (AvgIpc) is 2.79. The lowest BCUT2D eigenvalue weighted by Crippen LogP contribution is -2.16. The van der Waals surface area contributed by atoms with E-state index in [-0.39, 0.29) is 17.1 Å². The van der Waals surface area contributed by atoms with Crippen molar-refractivity contribution in [2.75, 3.05) is 31.3 Å². The third kappa shape index (κ3) is 7.02. The number of amides is 1. The number of rotatable bonds is 9. The highest BCUT2D eigenvalue weighted by Gasteiger charge is 2.30. The first-order chi connectivity index (χ1) is 16.1. The van der Waals surface area contributed by atoms with Crippen molar-refractivity contribution in [2.24, 2.45) is 0 Å². The third-order valence-electron chi connectivity index (χ3n) is 5.14. The van der Waals surface area contributed by atoms with Gasteiger partial charge in [-0.25, -0.2) is 9.37 Å². The molecule has 0 saturated carbocycles. The molecule has 3 rings (SSSR count). The molecule has 180 valence electrons. The summed E-state index contributed by atoms with van der Waals surface area (Å²) in [6.07, 6.45) is -1.48. The second-order valence-electron chi connectivity index (χ2n) is 8.11. The number of nitrogens with one attached hydrogen (secondary N) is 2. The molecule has 2 N–H and O–H groups in total. The molecule has 0 saturated heterocycles. The van der Waals surface area contributed by atoms with Crippen molar-refractivity contribution < 1.29 is 22.4 Å². The van der Waals surface area contributed by atoms with Crippen molar-refractivity contribution in [3.05, 3.63) is 88.9 Å². The number of pyridine rings is 1. The molecule has 1 amide bonds. The molecule has 34 heavy (non-hydrogen) atoms. The predicted molar refractivity (Wildman–Crippen MR) is 124 cm³/mol. The third-order valence-corrected chi connectivity index (χ3v) is 5.14. The molecule has 0 aliphatic rings. The van der Waals surface area contributed by atoms with Crippen molar-refractivity contribution in [3.8, 4) is 0 Å². The number of hydrogen-bond acceptors (Lipinski definition) is 4. The van der Waals surface area contributed by atoms with E-state index >= 15 is 0 Å². The number of hydrogen-bond donors (Lipinski definition) is 2. The van der Waals surface area contributed by atoms with E-state index < -0.39 is 17.6 Å². The summed E-state index contributed by atoms with van der Waals surface area (Å²) in [6, 6.07) is 12.2. The number of benzene rings is 2. The van der Waals surface area contributed by atoms with Gasteiger partial charge in [-0.2, -0.15) is 13.2 Å². The van der Waals surface area contributed by atoms with E-state index in [0.29, 0.717) is 24.3 Å². The number of nitrogens with zero attached hydrogens (tertiary/aromatic N) is 2. The summed E-state index contributed by atoms with van der Waals surface area (Å²) in [5.41, 5.74) is 1.13. The largest absolute Gasteiger partial charge is 0.416 e. The lowest BCUT2D eigenvalue weighted by Gasteiger charge is -2.13. The summed E-state index contributed by atoms with van der Waals surface area (Å²) >= 11 is 0. The Labute approximate surface area is 195 Å². The van der Waals surface area contributed by atoms with Gasteiger partial charge in [0.05, 0.1) is 11.1 Å². The van der Waals surface area contributed by atoms with Crippen LogP contribution in [0.15, 0.2) is 60.8 Å². The van der Waals surface area contributed by atoms with Gasteiger partial charge < -0.3 is 15.5 Å². The Morgan fingerprint density at radius 1 is 1.06 bits per heavy atom. The molecule has 1 aromatic heterocycles. The van der Waals surface area contributed by atoms with Crippen LogP contribution in [0.2, 0.25) is 0 Å². The van der Waals surface area contributed by atoms with Crippen LogP contribution < -0.4 is 10.6 Å². The first kappa shape index (κ1) is 25.2. The van der Waals surface area contributed by atoms with E-state index in [2.05, 4.69) is 15.6 Å². The van der Waals surface area contributed by atoms with Crippen LogP contribution in [0.25, 0.3) is 0 Å². The fourth-order valence-electron chi connectivity index (χ4n) is 3.37. The molecule has 0 atom stereocenters. The van der Waals surface area contributed by atoms with Crippen molar-refractivity contribution in [2.45, 2.75) is 25.6 Å². The van der Waals surface area contributed by atoms with Gasteiger partial charge in [0.25, 0.3) is 5.91 Å². The molecule has 0 fully saturated rings. The van der Waals surface area contributed by atoms with Crippen molar-refractivity contribution in [1.82, 2.24) is 9.88 Å². The highest BCUT2D eigenvalue weighted by molar-refractivity contribution is 6.07. The van der Waals surface area contributed by atoms with Crippen LogP contribution in [0.5, 0.6) is 0 Å². The summed E-state index contributed by atoms with van der Waals surface area (Å²) in [7, 11) is 3.93. The summed E-state index contributed by atoms with van der Waals surface area (Å²) in [6.45, 7) is 1.17. The molecule has 0 bridgehead atoms. The maximum Gasteiger partial charge on any atom is 0.416 e. The molecule has 0 aliphatic heterocycles. The van der Waals surface area contributed by atoms with Gasteiger partial charge in [0.1, 0.15) is 11.6 Å². The summed E-state index contributed by atoms with van der Waals surface area (Å²) < 4.78 is 52.4. The Hall–Kier alpha value is -3.46.